The zero-order valence-electron chi connectivity index (χ0n) is 19.6. The molecule has 32 heavy (non-hydrogen) atoms. The van der Waals surface area contributed by atoms with Crippen LogP contribution in [0.4, 0.5) is 8.78 Å². The number of halogens is 2. The summed E-state index contributed by atoms with van der Waals surface area (Å²) in [5.41, 5.74) is 2.96. The van der Waals surface area contributed by atoms with Gasteiger partial charge in [0.15, 0.2) is 11.6 Å². The van der Waals surface area contributed by atoms with E-state index in [0.717, 1.165) is 38.5 Å². The summed E-state index contributed by atoms with van der Waals surface area (Å²) in [5, 5.41) is 0. The summed E-state index contributed by atoms with van der Waals surface area (Å²) in [5.74, 6) is 5.02. The third-order valence-corrected chi connectivity index (χ3v) is 6.46. The lowest BCUT2D eigenvalue weighted by Crippen LogP contribution is -2.12. The molecule has 0 bridgehead atoms. The summed E-state index contributed by atoms with van der Waals surface area (Å²) in [6.07, 6.45) is 10.9. The normalized spacial score (nSPS) is 18.1. The molecule has 0 aromatic heterocycles. The molecule has 0 heterocycles. The molecule has 3 heteroatoms. The highest BCUT2D eigenvalue weighted by Crippen LogP contribution is 2.35. The molecule has 1 aliphatic carbocycles. The Labute approximate surface area is 192 Å². The predicted molar refractivity (Wildman–Crippen MR) is 128 cm³/mol. The van der Waals surface area contributed by atoms with E-state index in [0.29, 0.717) is 12.5 Å². The van der Waals surface area contributed by atoms with Crippen molar-refractivity contribution in [1.29, 1.82) is 0 Å². The van der Waals surface area contributed by atoms with Gasteiger partial charge in [-0.05, 0) is 74.1 Å². The van der Waals surface area contributed by atoms with Gasteiger partial charge in [0.2, 0.25) is 5.82 Å². The van der Waals surface area contributed by atoms with Crippen LogP contribution in [0.25, 0.3) is 0 Å². The lowest BCUT2D eigenvalue weighted by Gasteiger charge is -2.26. The zero-order valence-corrected chi connectivity index (χ0v) is 19.6. The van der Waals surface area contributed by atoms with E-state index < -0.39 is 11.6 Å². The van der Waals surface area contributed by atoms with Crippen molar-refractivity contribution in [3.63, 3.8) is 0 Å². The van der Waals surface area contributed by atoms with Crippen molar-refractivity contribution < 1.29 is 13.5 Å². The molecule has 1 aliphatic rings. The second-order valence-corrected chi connectivity index (χ2v) is 8.96. The van der Waals surface area contributed by atoms with Crippen LogP contribution < -0.4 is 4.74 Å². The van der Waals surface area contributed by atoms with E-state index in [1.165, 1.54) is 48.9 Å². The molecule has 1 fully saturated rings. The van der Waals surface area contributed by atoms with Gasteiger partial charge in [0.25, 0.3) is 0 Å². The maximum absolute atomic E-state index is 14.4. The molecule has 0 amide bonds. The number of ether oxygens (including phenoxy) is 1. The molecule has 172 valence electrons. The van der Waals surface area contributed by atoms with Crippen LogP contribution >= 0.6 is 0 Å². The van der Waals surface area contributed by atoms with Gasteiger partial charge in [0.05, 0.1) is 12.2 Å². The van der Waals surface area contributed by atoms with Crippen LogP contribution in [-0.2, 0) is 6.42 Å². The van der Waals surface area contributed by atoms with Gasteiger partial charge in [-0.25, -0.2) is 4.39 Å². The third kappa shape index (κ3) is 6.83. The van der Waals surface area contributed by atoms with Crippen LogP contribution in [0.5, 0.6) is 5.75 Å². The minimum absolute atomic E-state index is 0.0293. The summed E-state index contributed by atoms with van der Waals surface area (Å²) in [7, 11) is 0. The zero-order chi connectivity index (χ0) is 22.8. The summed E-state index contributed by atoms with van der Waals surface area (Å²) in [4.78, 5) is 0. The largest absolute Gasteiger partial charge is 0.490 e. The van der Waals surface area contributed by atoms with Gasteiger partial charge in [-0.2, -0.15) is 4.39 Å². The van der Waals surface area contributed by atoms with Crippen molar-refractivity contribution in [1.82, 2.24) is 0 Å². The first kappa shape index (κ1) is 24.3. The summed E-state index contributed by atoms with van der Waals surface area (Å²) >= 11 is 0. The number of hydrogen-bond donors (Lipinski definition) is 0. The van der Waals surface area contributed by atoms with Crippen molar-refractivity contribution in [2.24, 2.45) is 5.92 Å². The number of unbranched alkanes of at least 4 members (excludes halogenated alkanes) is 3. The molecule has 0 aliphatic heterocycles. The molecule has 2 aromatic carbocycles. The minimum atomic E-state index is -0.935. The maximum atomic E-state index is 14.4. The smallest absolute Gasteiger partial charge is 0.201 e. The van der Waals surface area contributed by atoms with Crippen molar-refractivity contribution in [3.8, 4) is 17.6 Å². The Hall–Kier alpha value is -2.34. The molecule has 0 unspecified atom stereocenters. The first-order chi connectivity index (χ1) is 15.6. The molecule has 0 atom stereocenters. The van der Waals surface area contributed by atoms with Crippen molar-refractivity contribution >= 4 is 0 Å². The first-order valence-electron chi connectivity index (χ1n) is 12.3. The quantitative estimate of drug-likeness (QED) is 0.283. The van der Waals surface area contributed by atoms with E-state index >= 15 is 0 Å². The van der Waals surface area contributed by atoms with Crippen molar-refractivity contribution in [2.45, 2.75) is 84.0 Å². The Morgan fingerprint density at radius 3 is 2.25 bits per heavy atom. The summed E-state index contributed by atoms with van der Waals surface area (Å²) in [6, 6.07) is 12.2. The van der Waals surface area contributed by atoms with Crippen molar-refractivity contribution in [3.05, 3.63) is 64.7 Å². The van der Waals surface area contributed by atoms with E-state index in [1.807, 2.05) is 6.92 Å². The number of aryl methyl sites for hydroxylation is 1. The third-order valence-electron chi connectivity index (χ3n) is 6.46. The molecule has 1 saturated carbocycles. The highest BCUT2D eigenvalue weighted by Gasteiger charge is 2.21. The summed E-state index contributed by atoms with van der Waals surface area (Å²) in [6.45, 7) is 4.65. The van der Waals surface area contributed by atoms with E-state index in [4.69, 9.17) is 4.74 Å². The van der Waals surface area contributed by atoms with Gasteiger partial charge in [-0.15, -0.1) is 0 Å². The van der Waals surface area contributed by atoms with Gasteiger partial charge in [-0.1, -0.05) is 69.2 Å². The second kappa shape index (κ2) is 12.6. The topological polar surface area (TPSA) is 9.23 Å². The highest BCUT2D eigenvalue weighted by atomic mass is 19.2. The van der Waals surface area contributed by atoms with Crippen LogP contribution in [-0.4, -0.2) is 6.61 Å². The van der Waals surface area contributed by atoms with E-state index in [9.17, 15) is 8.78 Å². The van der Waals surface area contributed by atoms with Crippen molar-refractivity contribution in [2.75, 3.05) is 6.61 Å². The molecular formula is C29H36F2O. The van der Waals surface area contributed by atoms with Crippen LogP contribution in [0.1, 0.15) is 94.2 Å². The molecule has 3 rings (SSSR count). The van der Waals surface area contributed by atoms with Gasteiger partial charge < -0.3 is 4.74 Å². The van der Waals surface area contributed by atoms with Gasteiger partial charge in [0, 0.05) is 5.92 Å². The Morgan fingerprint density at radius 1 is 0.844 bits per heavy atom. The van der Waals surface area contributed by atoms with Gasteiger partial charge in [-0.3, -0.25) is 0 Å². The number of benzene rings is 2. The van der Waals surface area contributed by atoms with Crippen LogP contribution in [0.15, 0.2) is 36.4 Å². The van der Waals surface area contributed by atoms with E-state index in [1.54, 1.807) is 0 Å². The lowest BCUT2D eigenvalue weighted by atomic mass is 9.78. The van der Waals surface area contributed by atoms with Crippen LogP contribution in [0, 0.1) is 29.4 Å². The second-order valence-electron chi connectivity index (χ2n) is 8.96. The van der Waals surface area contributed by atoms with Crippen LogP contribution in [0.3, 0.4) is 0 Å². The van der Waals surface area contributed by atoms with Gasteiger partial charge >= 0.3 is 0 Å². The molecule has 0 N–H and O–H groups in total. The van der Waals surface area contributed by atoms with Gasteiger partial charge in [0.1, 0.15) is 0 Å². The monoisotopic (exact) mass is 438 g/mol. The molecular weight excluding hydrogens is 402 g/mol. The molecule has 1 nitrogen and oxygen atoms in total. The molecule has 0 saturated heterocycles. The summed E-state index contributed by atoms with van der Waals surface area (Å²) < 4.78 is 34.0. The highest BCUT2D eigenvalue weighted by molar-refractivity contribution is 5.41. The number of rotatable bonds is 9. The lowest BCUT2D eigenvalue weighted by molar-refractivity contribution is 0.288. The Kier molecular flexibility index (Phi) is 9.60. The predicted octanol–water partition coefficient (Wildman–Crippen LogP) is 8.20. The Morgan fingerprint density at radius 2 is 1.56 bits per heavy atom. The molecule has 0 radical (unpaired) electrons. The fourth-order valence-corrected chi connectivity index (χ4v) is 4.35. The molecule has 0 spiro atoms. The molecule has 2 aromatic rings. The SMILES string of the molecule is CCCCCc1ccc([C@H]2CC[C@H](C#Cc3ccc(OCCCC)c(F)c3F)CC2)cc1. The fraction of sp³-hybridized carbons (Fsp3) is 0.517. The van der Waals surface area contributed by atoms with Crippen LogP contribution in [0.2, 0.25) is 0 Å². The number of hydrogen-bond acceptors (Lipinski definition) is 1. The maximum Gasteiger partial charge on any atom is 0.201 e. The Bertz CT molecular complexity index is 899. The minimum Gasteiger partial charge on any atom is -0.490 e. The average Bonchev–Trinajstić information content (AvgIpc) is 2.82. The first-order valence-corrected chi connectivity index (χ1v) is 12.3. The standard InChI is InChI=1S/C29H36F2O/c1-3-5-7-8-22-9-14-24(15-10-22)25-16-11-23(12-17-25)13-18-26-19-20-27(29(31)28(26)30)32-21-6-4-2/h9-10,14-15,19-20,23,25H,3-8,11-12,16-17,21H2,1-2H3/t23-,25-. The van der Waals surface area contributed by atoms with E-state index in [-0.39, 0.29) is 17.2 Å². The fourth-order valence-electron chi connectivity index (χ4n) is 4.35. The van der Waals surface area contributed by atoms with E-state index in [2.05, 4.69) is 43.0 Å². The Balaban J connectivity index is 1.53. The average molecular weight is 439 g/mol.